The van der Waals surface area contributed by atoms with E-state index in [1.807, 2.05) is 35.2 Å². The van der Waals surface area contributed by atoms with Crippen LogP contribution in [0.15, 0.2) is 48.5 Å². The number of carbonyl (C=O) groups excluding carboxylic acids is 1. The Morgan fingerprint density at radius 2 is 1.77 bits per heavy atom. The van der Waals surface area contributed by atoms with Crippen molar-refractivity contribution in [2.45, 2.75) is 18.8 Å². The fraction of sp³-hybridized carbons (Fsp3) is 0.278. The summed E-state index contributed by atoms with van der Waals surface area (Å²) in [5.74, 6) is -1.89. The van der Waals surface area contributed by atoms with Gasteiger partial charge >= 0.3 is 0 Å². The molecule has 0 aliphatic carbocycles. The van der Waals surface area contributed by atoms with E-state index in [1.54, 1.807) is 6.92 Å². The number of rotatable bonds is 2. The zero-order valence-electron chi connectivity index (χ0n) is 12.4. The summed E-state index contributed by atoms with van der Waals surface area (Å²) in [6, 6.07) is 13.7. The van der Waals surface area contributed by atoms with Gasteiger partial charge in [-0.05, 0) is 25.1 Å². The van der Waals surface area contributed by atoms with Gasteiger partial charge < -0.3 is 4.90 Å². The maximum Gasteiger partial charge on any atom is 0.163 e. The first-order valence-corrected chi connectivity index (χ1v) is 7.30. The monoisotopic (exact) mass is 301 g/mol. The minimum atomic E-state index is -1.04. The van der Waals surface area contributed by atoms with Crippen LogP contribution in [0.5, 0.6) is 0 Å². The molecular formula is C18H17F2NO. The third kappa shape index (κ3) is 2.39. The second-order valence-corrected chi connectivity index (χ2v) is 5.86. The molecule has 1 fully saturated rings. The minimum Gasteiger partial charge on any atom is -0.370 e. The van der Waals surface area contributed by atoms with E-state index in [9.17, 15) is 13.6 Å². The molecule has 0 N–H and O–H groups in total. The molecule has 3 rings (SSSR count). The molecule has 1 atom stereocenters. The van der Waals surface area contributed by atoms with Crippen LogP contribution in [0, 0.1) is 11.6 Å². The van der Waals surface area contributed by atoms with E-state index in [0.29, 0.717) is 19.5 Å². The summed E-state index contributed by atoms with van der Waals surface area (Å²) >= 11 is 0. The molecule has 1 aliphatic rings. The Bertz CT molecular complexity index is 701. The molecule has 1 saturated heterocycles. The lowest BCUT2D eigenvalue weighted by Crippen LogP contribution is -2.51. The van der Waals surface area contributed by atoms with Crippen molar-refractivity contribution in [1.29, 1.82) is 0 Å². The molecule has 2 nitrogen and oxygen atoms in total. The zero-order chi connectivity index (χ0) is 15.7. The first kappa shape index (κ1) is 14.7. The smallest absolute Gasteiger partial charge is 0.163 e. The fourth-order valence-corrected chi connectivity index (χ4v) is 3.09. The van der Waals surface area contributed by atoms with Crippen molar-refractivity contribution in [1.82, 2.24) is 0 Å². The molecule has 0 amide bonds. The van der Waals surface area contributed by atoms with Crippen LogP contribution in [-0.2, 0) is 10.2 Å². The Hall–Kier alpha value is -2.23. The molecule has 0 aromatic heterocycles. The van der Waals surface area contributed by atoms with Crippen LogP contribution >= 0.6 is 0 Å². The zero-order valence-corrected chi connectivity index (χ0v) is 12.4. The summed E-state index contributed by atoms with van der Waals surface area (Å²) in [6.07, 6.45) is 0.321. The van der Waals surface area contributed by atoms with Crippen molar-refractivity contribution in [3.63, 3.8) is 0 Å². The molecule has 2 aromatic rings. The van der Waals surface area contributed by atoms with Crippen molar-refractivity contribution in [3.8, 4) is 0 Å². The Kier molecular flexibility index (Phi) is 3.69. The molecule has 4 heteroatoms. The van der Waals surface area contributed by atoms with Crippen molar-refractivity contribution in [2.24, 2.45) is 0 Å². The minimum absolute atomic E-state index is 0.0517. The number of benzene rings is 2. The first-order valence-electron chi connectivity index (χ1n) is 7.30. The van der Waals surface area contributed by atoms with Gasteiger partial charge in [-0.15, -0.1) is 0 Å². The van der Waals surface area contributed by atoms with Crippen LogP contribution in [0.2, 0.25) is 0 Å². The third-order valence-electron chi connectivity index (χ3n) is 4.40. The Balaban J connectivity index is 2.00. The number of para-hydroxylation sites is 1. The Morgan fingerprint density at radius 3 is 2.50 bits per heavy atom. The van der Waals surface area contributed by atoms with Crippen LogP contribution in [-0.4, -0.2) is 18.9 Å². The molecule has 0 unspecified atom stereocenters. The predicted molar refractivity (Wildman–Crippen MR) is 82.0 cm³/mol. The Morgan fingerprint density at radius 1 is 1.05 bits per heavy atom. The summed E-state index contributed by atoms with van der Waals surface area (Å²) in [7, 11) is 0. The standard InChI is InChI=1S/C18H17F2NO/c1-18(14-8-5-9-15(19)17(14)20)12-21(11-10-16(18)22)13-6-3-2-4-7-13/h2-9H,10-12H2,1H3/t18-/m1/s1. The van der Waals surface area contributed by atoms with Gasteiger partial charge in [-0.1, -0.05) is 30.3 Å². The van der Waals surface area contributed by atoms with E-state index in [-0.39, 0.29) is 11.3 Å². The van der Waals surface area contributed by atoms with Crippen LogP contribution in [0.3, 0.4) is 0 Å². The van der Waals surface area contributed by atoms with Gasteiger partial charge in [0.05, 0.1) is 5.41 Å². The highest BCUT2D eigenvalue weighted by Crippen LogP contribution is 2.35. The maximum atomic E-state index is 14.2. The van der Waals surface area contributed by atoms with Gasteiger partial charge in [0.2, 0.25) is 0 Å². The number of Topliss-reactive ketones (excluding diaryl/α,β-unsaturated/α-hetero) is 1. The maximum absolute atomic E-state index is 14.2. The van der Waals surface area contributed by atoms with Gasteiger partial charge in [0.25, 0.3) is 0 Å². The van der Waals surface area contributed by atoms with Crippen LogP contribution in [0.25, 0.3) is 0 Å². The molecule has 0 radical (unpaired) electrons. The summed E-state index contributed by atoms with van der Waals surface area (Å²) in [4.78, 5) is 14.5. The fourth-order valence-electron chi connectivity index (χ4n) is 3.09. The lowest BCUT2D eigenvalue weighted by molar-refractivity contribution is -0.124. The molecule has 0 saturated carbocycles. The number of carbonyl (C=O) groups is 1. The third-order valence-corrected chi connectivity index (χ3v) is 4.40. The molecule has 0 bridgehead atoms. The Labute approximate surface area is 128 Å². The van der Waals surface area contributed by atoms with Gasteiger partial charge in [-0.25, -0.2) is 8.78 Å². The molecular weight excluding hydrogens is 284 g/mol. The largest absolute Gasteiger partial charge is 0.370 e. The number of anilines is 1. The van der Waals surface area contributed by atoms with E-state index in [4.69, 9.17) is 0 Å². The number of nitrogens with zero attached hydrogens (tertiary/aromatic N) is 1. The quantitative estimate of drug-likeness (QED) is 0.843. The van der Waals surface area contributed by atoms with Crippen molar-refractivity contribution >= 4 is 11.5 Å². The normalized spacial score (nSPS) is 22.0. The van der Waals surface area contributed by atoms with E-state index in [1.165, 1.54) is 12.1 Å². The molecule has 1 heterocycles. The van der Waals surface area contributed by atoms with E-state index >= 15 is 0 Å². The van der Waals surface area contributed by atoms with E-state index < -0.39 is 17.0 Å². The SMILES string of the molecule is C[C@]1(c2cccc(F)c2F)CN(c2ccccc2)CCC1=O. The van der Waals surface area contributed by atoms with Gasteiger partial charge in [-0.3, -0.25) is 4.79 Å². The average molecular weight is 301 g/mol. The number of ketones is 1. The predicted octanol–water partition coefficient (Wildman–Crippen LogP) is 3.70. The first-order chi connectivity index (χ1) is 10.5. The summed E-state index contributed by atoms with van der Waals surface area (Å²) in [6.45, 7) is 2.63. The lowest BCUT2D eigenvalue weighted by Gasteiger charge is -2.40. The summed E-state index contributed by atoms with van der Waals surface area (Å²) in [5.41, 5.74) is 0.0801. The van der Waals surface area contributed by atoms with E-state index in [0.717, 1.165) is 11.8 Å². The van der Waals surface area contributed by atoms with Gasteiger partial charge in [0.15, 0.2) is 11.6 Å². The molecule has 1 aliphatic heterocycles. The van der Waals surface area contributed by atoms with Crippen LogP contribution in [0.4, 0.5) is 14.5 Å². The molecule has 2 aromatic carbocycles. The second-order valence-electron chi connectivity index (χ2n) is 5.86. The van der Waals surface area contributed by atoms with Gasteiger partial charge in [-0.2, -0.15) is 0 Å². The second kappa shape index (κ2) is 5.52. The number of hydrogen-bond donors (Lipinski definition) is 0. The van der Waals surface area contributed by atoms with Crippen molar-refractivity contribution in [3.05, 3.63) is 65.7 Å². The van der Waals surface area contributed by atoms with Gasteiger partial charge in [0, 0.05) is 30.8 Å². The number of hydrogen-bond acceptors (Lipinski definition) is 2. The van der Waals surface area contributed by atoms with Crippen LogP contribution in [0.1, 0.15) is 18.9 Å². The molecule has 0 spiro atoms. The van der Waals surface area contributed by atoms with E-state index in [2.05, 4.69) is 0 Å². The number of halogens is 2. The lowest BCUT2D eigenvalue weighted by atomic mass is 9.74. The summed E-state index contributed by atoms with van der Waals surface area (Å²) < 4.78 is 27.7. The highest BCUT2D eigenvalue weighted by Gasteiger charge is 2.42. The highest BCUT2D eigenvalue weighted by atomic mass is 19.2. The molecule has 22 heavy (non-hydrogen) atoms. The van der Waals surface area contributed by atoms with Crippen molar-refractivity contribution < 1.29 is 13.6 Å². The van der Waals surface area contributed by atoms with Crippen molar-refractivity contribution in [2.75, 3.05) is 18.0 Å². The molecule has 114 valence electrons. The summed E-state index contributed by atoms with van der Waals surface area (Å²) in [5, 5.41) is 0. The average Bonchev–Trinajstić information content (AvgIpc) is 2.53. The number of piperidine rings is 1. The topological polar surface area (TPSA) is 20.3 Å². The van der Waals surface area contributed by atoms with Gasteiger partial charge in [0.1, 0.15) is 5.78 Å². The highest BCUT2D eigenvalue weighted by molar-refractivity contribution is 5.92. The van der Waals surface area contributed by atoms with Crippen LogP contribution < -0.4 is 4.90 Å².